The van der Waals surface area contributed by atoms with Gasteiger partial charge < -0.3 is 4.74 Å². The van der Waals surface area contributed by atoms with Crippen molar-refractivity contribution < 1.29 is 14.3 Å². The van der Waals surface area contributed by atoms with Gasteiger partial charge in [0.25, 0.3) is 0 Å². The van der Waals surface area contributed by atoms with Gasteiger partial charge in [-0.05, 0) is 18.2 Å². The molecule has 0 radical (unpaired) electrons. The van der Waals surface area contributed by atoms with E-state index < -0.39 is 5.97 Å². The molecule has 0 fully saturated rings. The van der Waals surface area contributed by atoms with Crippen molar-refractivity contribution in [3.8, 4) is 0 Å². The highest BCUT2D eigenvalue weighted by Crippen LogP contribution is 2.11. The number of halogens is 1. The Labute approximate surface area is 118 Å². The number of hydrogen-bond donors (Lipinski definition) is 0. The quantitative estimate of drug-likeness (QED) is 0.639. The number of ketones is 1. The van der Waals surface area contributed by atoms with E-state index in [4.69, 9.17) is 4.74 Å². The van der Waals surface area contributed by atoms with Crippen molar-refractivity contribution in [3.05, 3.63) is 52.3 Å². The molecule has 0 aliphatic carbocycles. The molecule has 98 valence electrons. The first-order chi connectivity index (χ1) is 9.06. The van der Waals surface area contributed by atoms with Crippen LogP contribution in [0.5, 0.6) is 0 Å². The van der Waals surface area contributed by atoms with Gasteiger partial charge in [-0.25, -0.2) is 4.79 Å². The molecule has 0 aliphatic rings. The number of carbonyl (C=O) groups excluding carboxylic acids is 2. The van der Waals surface area contributed by atoms with E-state index in [0.717, 1.165) is 4.47 Å². The first kappa shape index (κ1) is 13.5. The van der Waals surface area contributed by atoms with Gasteiger partial charge in [-0.2, -0.15) is 5.10 Å². The van der Waals surface area contributed by atoms with Crippen molar-refractivity contribution in [2.75, 3.05) is 6.61 Å². The largest absolute Gasteiger partial charge is 0.453 e. The molecule has 19 heavy (non-hydrogen) atoms. The average molecular weight is 323 g/mol. The summed E-state index contributed by atoms with van der Waals surface area (Å²) in [7, 11) is 1.70. The third-order valence-electron chi connectivity index (χ3n) is 2.42. The van der Waals surface area contributed by atoms with E-state index in [0.29, 0.717) is 5.56 Å². The summed E-state index contributed by atoms with van der Waals surface area (Å²) >= 11 is 3.28. The Morgan fingerprint density at radius 2 is 1.95 bits per heavy atom. The monoisotopic (exact) mass is 322 g/mol. The number of Topliss-reactive ketones (excluding diaryl/α,β-unsaturated/α-hetero) is 1. The number of benzene rings is 1. The summed E-state index contributed by atoms with van der Waals surface area (Å²) in [6.45, 7) is -0.295. The van der Waals surface area contributed by atoms with Crippen molar-refractivity contribution in [2.24, 2.45) is 7.05 Å². The SMILES string of the molecule is Cn1ccc(C(=O)OCC(=O)c2ccc(Br)cc2)n1. The number of esters is 1. The minimum atomic E-state index is -0.605. The fraction of sp³-hybridized carbons (Fsp3) is 0.154. The molecule has 1 aromatic heterocycles. The summed E-state index contributed by atoms with van der Waals surface area (Å²) in [5.74, 6) is -0.858. The molecule has 5 nitrogen and oxygen atoms in total. The molecule has 0 atom stereocenters. The third-order valence-corrected chi connectivity index (χ3v) is 2.95. The fourth-order valence-electron chi connectivity index (χ4n) is 1.45. The maximum Gasteiger partial charge on any atom is 0.359 e. The number of rotatable bonds is 4. The van der Waals surface area contributed by atoms with Crippen molar-refractivity contribution in [1.82, 2.24) is 9.78 Å². The second-order valence-electron chi connectivity index (χ2n) is 3.88. The van der Waals surface area contributed by atoms with Gasteiger partial charge >= 0.3 is 5.97 Å². The lowest BCUT2D eigenvalue weighted by Gasteiger charge is -2.02. The van der Waals surface area contributed by atoms with Crippen LogP contribution in [0, 0.1) is 0 Å². The van der Waals surface area contributed by atoms with Gasteiger partial charge in [0.2, 0.25) is 0 Å². The standard InChI is InChI=1S/C13H11BrN2O3/c1-16-7-6-11(15-16)13(18)19-8-12(17)9-2-4-10(14)5-3-9/h2-7H,8H2,1H3. The van der Waals surface area contributed by atoms with Gasteiger partial charge in [0, 0.05) is 23.3 Å². The Morgan fingerprint density at radius 3 is 2.53 bits per heavy atom. The molecule has 0 saturated carbocycles. The lowest BCUT2D eigenvalue weighted by atomic mass is 10.1. The zero-order chi connectivity index (χ0) is 13.8. The fourth-order valence-corrected chi connectivity index (χ4v) is 1.71. The Hall–Kier alpha value is -1.95. The van der Waals surface area contributed by atoms with E-state index in [9.17, 15) is 9.59 Å². The van der Waals surface area contributed by atoms with E-state index >= 15 is 0 Å². The molecular weight excluding hydrogens is 312 g/mol. The van der Waals surface area contributed by atoms with E-state index in [1.807, 2.05) is 0 Å². The van der Waals surface area contributed by atoms with Crippen molar-refractivity contribution in [3.63, 3.8) is 0 Å². The smallest absolute Gasteiger partial charge is 0.359 e. The molecule has 0 aliphatic heterocycles. The zero-order valence-electron chi connectivity index (χ0n) is 10.2. The second kappa shape index (κ2) is 5.79. The van der Waals surface area contributed by atoms with Gasteiger partial charge in [-0.15, -0.1) is 0 Å². The van der Waals surface area contributed by atoms with Crippen LogP contribution in [0.2, 0.25) is 0 Å². The number of carbonyl (C=O) groups is 2. The summed E-state index contributed by atoms with van der Waals surface area (Å²) in [5.41, 5.74) is 0.683. The van der Waals surface area contributed by atoms with Crippen LogP contribution in [0.3, 0.4) is 0 Å². The van der Waals surface area contributed by atoms with Crippen LogP contribution in [-0.4, -0.2) is 28.1 Å². The minimum Gasteiger partial charge on any atom is -0.453 e. The van der Waals surface area contributed by atoms with Crippen molar-refractivity contribution in [2.45, 2.75) is 0 Å². The summed E-state index contributed by atoms with van der Waals surface area (Å²) in [4.78, 5) is 23.4. The number of nitrogens with zero attached hydrogens (tertiary/aromatic N) is 2. The molecule has 6 heteroatoms. The van der Waals surface area contributed by atoms with Gasteiger partial charge in [0.15, 0.2) is 18.1 Å². The van der Waals surface area contributed by atoms with Gasteiger partial charge in [-0.3, -0.25) is 9.48 Å². The lowest BCUT2D eigenvalue weighted by Crippen LogP contribution is -2.14. The van der Waals surface area contributed by atoms with E-state index in [1.54, 1.807) is 37.5 Å². The molecule has 1 heterocycles. The molecule has 0 saturated heterocycles. The summed E-state index contributed by atoms with van der Waals surface area (Å²) < 4.78 is 7.29. The number of hydrogen-bond acceptors (Lipinski definition) is 4. The number of aryl methyl sites for hydroxylation is 1. The minimum absolute atomic E-state index is 0.186. The molecule has 0 bridgehead atoms. The maximum atomic E-state index is 11.8. The first-order valence-electron chi connectivity index (χ1n) is 5.52. The van der Waals surface area contributed by atoms with Crippen LogP contribution < -0.4 is 0 Å². The van der Waals surface area contributed by atoms with Crippen molar-refractivity contribution in [1.29, 1.82) is 0 Å². The molecule has 0 unspecified atom stereocenters. The van der Waals surface area contributed by atoms with Gasteiger partial charge in [-0.1, -0.05) is 28.1 Å². The van der Waals surface area contributed by atoms with Crippen LogP contribution >= 0.6 is 15.9 Å². The highest BCUT2D eigenvalue weighted by atomic mass is 79.9. The predicted molar refractivity (Wildman–Crippen MR) is 72.0 cm³/mol. The van der Waals surface area contributed by atoms with E-state index in [1.165, 1.54) is 10.7 Å². The summed E-state index contributed by atoms with van der Waals surface area (Å²) in [6, 6.07) is 8.39. The maximum absolute atomic E-state index is 11.8. The van der Waals surface area contributed by atoms with E-state index in [2.05, 4.69) is 21.0 Å². The summed E-state index contributed by atoms with van der Waals surface area (Å²) in [5, 5.41) is 3.90. The van der Waals surface area contributed by atoms with Crippen LogP contribution in [0.1, 0.15) is 20.8 Å². The van der Waals surface area contributed by atoms with Crippen molar-refractivity contribution >= 4 is 27.7 Å². The van der Waals surface area contributed by atoms with Crippen LogP contribution in [0.15, 0.2) is 41.0 Å². The molecule has 0 amide bonds. The highest BCUT2D eigenvalue weighted by Gasteiger charge is 2.13. The Kier molecular flexibility index (Phi) is 4.11. The molecule has 0 N–H and O–H groups in total. The van der Waals surface area contributed by atoms with Crippen LogP contribution in [0.4, 0.5) is 0 Å². The Balaban J connectivity index is 1.93. The Morgan fingerprint density at radius 1 is 1.26 bits per heavy atom. The molecule has 2 rings (SSSR count). The highest BCUT2D eigenvalue weighted by molar-refractivity contribution is 9.10. The van der Waals surface area contributed by atoms with Crippen LogP contribution in [0.25, 0.3) is 0 Å². The molecular formula is C13H11BrN2O3. The number of ether oxygens (including phenoxy) is 1. The summed E-state index contributed by atoms with van der Waals surface area (Å²) in [6.07, 6.45) is 1.63. The topological polar surface area (TPSA) is 61.2 Å². The molecule has 2 aromatic rings. The molecule has 1 aromatic carbocycles. The normalized spacial score (nSPS) is 10.2. The van der Waals surface area contributed by atoms with Gasteiger partial charge in [0.05, 0.1) is 0 Å². The molecule has 0 spiro atoms. The second-order valence-corrected chi connectivity index (χ2v) is 4.80. The van der Waals surface area contributed by atoms with E-state index in [-0.39, 0.29) is 18.1 Å². The average Bonchev–Trinajstić information content (AvgIpc) is 2.83. The van der Waals surface area contributed by atoms with Crippen LogP contribution in [-0.2, 0) is 11.8 Å². The Bertz CT molecular complexity index is 605. The number of aromatic nitrogens is 2. The third kappa shape index (κ3) is 3.51. The first-order valence-corrected chi connectivity index (χ1v) is 6.31. The van der Waals surface area contributed by atoms with Gasteiger partial charge in [0.1, 0.15) is 0 Å². The zero-order valence-corrected chi connectivity index (χ0v) is 11.8. The predicted octanol–water partition coefficient (Wildman–Crippen LogP) is 2.22. The lowest BCUT2D eigenvalue weighted by molar-refractivity contribution is 0.0468.